The number of amides is 2. The molecule has 12 heteroatoms. The van der Waals surface area contributed by atoms with Crippen molar-refractivity contribution in [2.75, 3.05) is 17.4 Å². The van der Waals surface area contributed by atoms with Gasteiger partial charge < -0.3 is 10.2 Å². The van der Waals surface area contributed by atoms with Crippen molar-refractivity contribution in [1.29, 1.82) is 0 Å². The highest BCUT2D eigenvalue weighted by atomic mass is 32.2. The van der Waals surface area contributed by atoms with Gasteiger partial charge in [0.25, 0.3) is 10.0 Å². The molecule has 0 heterocycles. The quantitative estimate of drug-likeness (QED) is 0.212. The number of carbonyl (C=O) groups excluding carboxylic acids is 2. The number of unbranched alkanes of at least 4 members (excludes halogenated alkanes) is 1. The van der Waals surface area contributed by atoms with Crippen LogP contribution in [-0.2, 0) is 32.3 Å². The van der Waals surface area contributed by atoms with Gasteiger partial charge in [0.1, 0.15) is 18.4 Å². The summed E-state index contributed by atoms with van der Waals surface area (Å²) >= 11 is 0. The number of carbonyl (C=O) groups is 2. The number of halogens is 4. The SMILES string of the molecule is CCCCNC(=O)C(C)N(Cc1ccc(F)cc1)C(=O)CN(c1cccc(C(F)(F)F)c1)S(=O)(=O)c1ccc(C)cc1. The molecule has 0 saturated carbocycles. The second-order valence-corrected chi connectivity index (χ2v) is 11.7. The molecule has 1 atom stereocenters. The summed E-state index contributed by atoms with van der Waals surface area (Å²) in [5, 5.41) is 2.73. The number of anilines is 1. The van der Waals surface area contributed by atoms with Crippen LogP contribution in [0.2, 0.25) is 0 Å². The zero-order valence-electron chi connectivity index (χ0n) is 23.5. The lowest BCUT2D eigenvalue weighted by atomic mass is 10.1. The lowest BCUT2D eigenvalue weighted by molar-refractivity contribution is -0.139. The average Bonchev–Trinajstić information content (AvgIpc) is 2.95. The third kappa shape index (κ3) is 8.31. The molecule has 0 spiro atoms. The first-order valence-electron chi connectivity index (χ1n) is 13.3. The van der Waals surface area contributed by atoms with Crippen LogP contribution >= 0.6 is 0 Å². The Bertz CT molecular complexity index is 1480. The molecular formula is C30H33F4N3O4S. The summed E-state index contributed by atoms with van der Waals surface area (Å²) in [6.07, 6.45) is -3.25. The molecular weight excluding hydrogens is 574 g/mol. The van der Waals surface area contributed by atoms with Crippen LogP contribution in [0, 0.1) is 12.7 Å². The summed E-state index contributed by atoms with van der Waals surface area (Å²) in [5.74, 6) is -1.85. The summed E-state index contributed by atoms with van der Waals surface area (Å²) in [4.78, 5) is 27.7. The Morgan fingerprint density at radius 1 is 0.976 bits per heavy atom. The Kier molecular flexibility index (Phi) is 10.7. The number of alkyl halides is 3. The largest absolute Gasteiger partial charge is 0.416 e. The van der Waals surface area contributed by atoms with Gasteiger partial charge in [-0.05, 0) is 68.3 Å². The summed E-state index contributed by atoms with van der Waals surface area (Å²) in [5.41, 5.74) is -0.252. The van der Waals surface area contributed by atoms with E-state index in [1.807, 2.05) is 6.92 Å². The molecule has 0 saturated heterocycles. The summed E-state index contributed by atoms with van der Waals surface area (Å²) in [6, 6.07) is 13.5. The molecule has 0 aliphatic carbocycles. The average molecular weight is 608 g/mol. The summed E-state index contributed by atoms with van der Waals surface area (Å²) in [7, 11) is -4.54. The van der Waals surface area contributed by atoms with E-state index in [9.17, 15) is 35.6 Å². The Morgan fingerprint density at radius 3 is 2.21 bits per heavy atom. The molecule has 2 amide bonds. The zero-order chi connectivity index (χ0) is 31.1. The van der Waals surface area contributed by atoms with Gasteiger partial charge in [0, 0.05) is 13.1 Å². The van der Waals surface area contributed by atoms with E-state index < -0.39 is 52.0 Å². The fraction of sp³-hybridized carbons (Fsp3) is 0.333. The van der Waals surface area contributed by atoms with Gasteiger partial charge in [0.05, 0.1) is 16.1 Å². The van der Waals surface area contributed by atoms with Gasteiger partial charge in [-0.2, -0.15) is 13.2 Å². The van der Waals surface area contributed by atoms with E-state index in [0.29, 0.717) is 28.9 Å². The van der Waals surface area contributed by atoms with Crippen molar-refractivity contribution in [2.24, 2.45) is 0 Å². The minimum Gasteiger partial charge on any atom is -0.354 e. The van der Waals surface area contributed by atoms with Crippen molar-refractivity contribution in [3.63, 3.8) is 0 Å². The lowest BCUT2D eigenvalue weighted by Gasteiger charge is -2.32. The first-order valence-corrected chi connectivity index (χ1v) is 14.8. The number of hydrogen-bond acceptors (Lipinski definition) is 4. The van der Waals surface area contributed by atoms with Crippen LogP contribution in [-0.4, -0.2) is 44.3 Å². The molecule has 226 valence electrons. The van der Waals surface area contributed by atoms with Crippen molar-refractivity contribution in [3.05, 3.63) is 95.3 Å². The zero-order valence-corrected chi connectivity index (χ0v) is 24.3. The fourth-order valence-electron chi connectivity index (χ4n) is 4.11. The predicted octanol–water partition coefficient (Wildman–Crippen LogP) is 5.68. The molecule has 42 heavy (non-hydrogen) atoms. The van der Waals surface area contributed by atoms with Crippen molar-refractivity contribution in [1.82, 2.24) is 10.2 Å². The number of nitrogens with zero attached hydrogens (tertiary/aromatic N) is 2. The highest BCUT2D eigenvalue weighted by Gasteiger charge is 2.35. The van der Waals surface area contributed by atoms with Crippen molar-refractivity contribution >= 4 is 27.5 Å². The first kappa shape index (κ1) is 32.6. The normalized spacial score (nSPS) is 12.5. The van der Waals surface area contributed by atoms with Gasteiger partial charge in [-0.25, -0.2) is 12.8 Å². The van der Waals surface area contributed by atoms with Crippen LogP contribution < -0.4 is 9.62 Å². The Hall–Kier alpha value is -3.93. The molecule has 0 bridgehead atoms. The number of hydrogen-bond donors (Lipinski definition) is 1. The molecule has 1 N–H and O–H groups in total. The van der Waals surface area contributed by atoms with E-state index >= 15 is 0 Å². The topological polar surface area (TPSA) is 86.8 Å². The molecule has 7 nitrogen and oxygen atoms in total. The van der Waals surface area contributed by atoms with Crippen molar-refractivity contribution < 1.29 is 35.6 Å². The maximum absolute atomic E-state index is 13.8. The van der Waals surface area contributed by atoms with E-state index in [1.165, 1.54) is 61.5 Å². The Labute approximate surface area is 243 Å². The van der Waals surface area contributed by atoms with Gasteiger partial charge in [0.2, 0.25) is 11.8 Å². The molecule has 0 aliphatic heterocycles. The second-order valence-electron chi connectivity index (χ2n) is 9.84. The molecule has 0 fully saturated rings. The highest BCUT2D eigenvalue weighted by molar-refractivity contribution is 7.92. The summed E-state index contributed by atoms with van der Waals surface area (Å²) < 4.78 is 82.4. The van der Waals surface area contributed by atoms with Crippen LogP contribution in [0.4, 0.5) is 23.2 Å². The molecule has 1 unspecified atom stereocenters. The van der Waals surface area contributed by atoms with E-state index in [2.05, 4.69) is 5.32 Å². The maximum atomic E-state index is 13.8. The molecule has 3 aromatic carbocycles. The van der Waals surface area contributed by atoms with E-state index in [4.69, 9.17) is 0 Å². The van der Waals surface area contributed by atoms with Gasteiger partial charge in [-0.1, -0.05) is 49.2 Å². The monoisotopic (exact) mass is 607 g/mol. The smallest absolute Gasteiger partial charge is 0.354 e. The number of rotatable bonds is 12. The van der Waals surface area contributed by atoms with Crippen LogP contribution in [0.5, 0.6) is 0 Å². The van der Waals surface area contributed by atoms with Crippen LogP contribution in [0.3, 0.4) is 0 Å². The van der Waals surface area contributed by atoms with Crippen LogP contribution in [0.1, 0.15) is 43.4 Å². The Morgan fingerprint density at radius 2 is 1.62 bits per heavy atom. The van der Waals surface area contributed by atoms with Gasteiger partial charge in [-0.15, -0.1) is 0 Å². The van der Waals surface area contributed by atoms with Crippen molar-refractivity contribution in [3.8, 4) is 0 Å². The number of benzene rings is 3. The Balaban J connectivity index is 2.06. The minimum absolute atomic E-state index is 0.178. The first-order chi connectivity index (χ1) is 19.7. The molecule has 0 radical (unpaired) electrons. The van der Waals surface area contributed by atoms with E-state index in [0.717, 1.165) is 29.0 Å². The number of sulfonamides is 1. The van der Waals surface area contributed by atoms with Gasteiger partial charge in [0.15, 0.2) is 0 Å². The van der Waals surface area contributed by atoms with Crippen molar-refractivity contribution in [2.45, 2.75) is 57.3 Å². The van der Waals surface area contributed by atoms with E-state index in [1.54, 1.807) is 6.92 Å². The standard InChI is InChI=1S/C30H33F4N3O4S/c1-4-5-17-35-29(39)22(3)36(19-23-11-13-25(31)14-12-23)28(38)20-37(26-8-6-7-24(18-26)30(32,33)34)42(40,41)27-15-9-21(2)10-16-27/h6-16,18,22H,4-5,17,19-20H2,1-3H3,(H,35,39). The molecule has 3 rings (SSSR count). The highest BCUT2D eigenvalue weighted by Crippen LogP contribution is 2.33. The maximum Gasteiger partial charge on any atom is 0.416 e. The van der Waals surface area contributed by atoms with Gasteiger partial charge >= 0.3 is 6.18 Å². The minimum atomic E-state index is -4.76. The third-order valence-electron chi connectivity index (χ3n) is 6.61. The van der Waals surface area contributed by atoms with Crippen LogP contribution in [0.25, 0.3) is 0 Å². The predicted molar refractivity (Wildman–Crippen MR) is 151 cm³/mol. The van der Waals surface area contributed by atoms with Gasteiger partial charge in [-0.3, -0.25) is 13.9 Å². The molecule has 3 aromatic rings. The molecule has 0 aromatic heterocycles. The summed E-state index contributed by atoms with van der Waals surface area (Å²) in [6.45, 7) is 4.43. The van der Waals surface area contributed by atoms with Crippen LogP contribution in [0.15, 0.2) is 77.7 Å². The second kappa shape index (κ2) is 13.8. The number of nitrogens with one attached hydrogen (secondary N) is 1. The fourth-order valence-corrected chi connectivity index (χ4v) is 5.51. The lowest BCUT2D eigenvalue weighted by Crippen LogP contribution is -2.51. The molecule has 0 aliphatic rings. The van der Waals surface area contributed by atoms with E-state index in [-0.39, 0.29) is 17.1 Å². The third-order valence-corrected chi connectivity index (χ3v) is 8.40. The number of aryl methyl sites for hydroxylation is 1.